The minimum atomic E-state index is -0.596. The van der Waals surface area contributed by atoms with Crippen molar-refractivity contribution in [1.82, 2.24) is 9.88 Å². The van der Waals surface area contributed by atoms with Crippen molar-refractivity contribution in [3.8, 4) is 0 Å². The number of aromatic nitrogens is 1. The Morgan fingerprint density at radius 3 is 2.62 bits per heavy atom. The summed E-state index contributed by atoms with van der Waals surface area (Å²) in [7, 11) is 2.81. The Bertz CT molecular complexity index is 732. The zero-order valence-corrected chi connectivity index (χ0v) is 15.7. The summed E-state index contributed by atoms with van der Waals surface area (Å²) in [6.07, 6.45) is 3.19. The predicted octanol–water partition coefficient (Wildman–Crippen LogP) is 2.86. The molecule has 26 heavy (non-hydrogen) atoms. The lowest BCUT2D eigenvalue weighted by atomic mass is 10.3. The largest absolute Gasteiger partial charge is 0.464 e. The molecule has 1 N–H and O–H groups in total. The lowest BCUT2D eigenvalue weighted by molar-refractivity contribution is 0.0594. The summed E-state index contributed by atoms with van der Waals surface area (Å²) in [5.41, 5.74) is 0.736. The highest BCUT2D eigenvalue weighted by Crippen LogP contribution is 2.18. The first-order valence-electron chi connectivity index (χ1n) is 7.79. The van der Waals surface area contributed by atoms with Crippen LogP contribution in [0.3, 0.4) is 0 Å². The van der Waals surface area contributed by atoms with Crippen LogP contribution in [0, 0.1) is 0 Å². The van der Waals surface area contributed by atoms with Crippen LogP contribution in [0.5, 0.6) is 0 Å². The van der Waals surface area contributed by atoms with Gasteiger partial charge in [0.25, 0.3) is 0 Å². The maximum atomic E-state index is 12.6. The molecule has 0 fully saturated rings. The summed E-state index contributed by atoms with van der Waals surface area (Å²) in [5.74, 6) is -0.365. The highest BCUT2D eigenvalue weighted by Gasteiger charge is 2.19. The van der Waals surface area contributed by atoms with Gasteiger partial charge in [0.2, 0.25) is 5.89 Å². The lowest BCUT2D eigenvalue weighted by Gasteiger charge is -2.21. The number of esters is 1. The van der Waals surface area contributed by atoms with Gasteiger partial charge in [-0.1, -0.05) is 0 Å². The Morgan fingerprint density at radius 2 is 2.00 bits per heavy atom. The normalized spacial score (nSPS) is 10.4. The predicted molar refractivity (Wildman–Crippen MR) is 97.4 cm³/mol. The smallest absolute Gasteiger partial charge is 0.360 e. The quantitative estimate of drug-likeness (QED) is 0.557. The number of amides is 2. The maximum Gasteiger partial charge on any atom is 0.360 e. The molecule has 0 unspecified atom stereocenters. The average molecular weight is 379 g/mol. The van der Waals surface area contributed by atoms with Gasteiger partial charge in [0.05, 0.1) is 20.3 Å². The summed E-state index contributed by atoms with van der Waals surface area (Å²) < 4.78 is 14.9. The van der Waals surface area contributed by atoms with Crippen LogP contribution in [0.1, 0.15) is 16.4 Å². The molecule has 0 spiro atoms. The van der Waals surface area contributed by atoms with Crippen LogP contribution in [0.15, 0.2) is 39.8 Å². The molecule has 0 bridgehead atoms. The van der Waals surface area contributed by atoms with E-state index >= 15 is 0 Å². The number of hydrogen-bond acceptors (Lipinski definition) is 7. The molecule has 0 radical (unpaired) electrons. The van der Waals surface area contributed by atoms with Crippen molar-refractivity contribution in [2.24, 2.45) is 0 Å². The van der Waals surface area contributed by atoms with Gasteiger partial charge in [0, 0.05) is 24.2 Å². The van der Waals surface area contributed by atoms with Crippen molar-refractivity contribution in [3.63, 3.8) is 0 Å². The summed E-state index contributed by atoms with van der Waals surface area (Å²) in [6.45, 7) is 0.777. The third kappa shape index (κ3) is 5.50. The van der Waals surface area contributed by atoms with Gasteiger partial charge in [0.1, 0.15) is 6.26 Å². The Labute approximate surface area is 155 Å². The molecule has 0 aliphatic rings. The van der Waals surface area contributed by atoms with Crippen LogP contribution < -0.4 is 5.32 Å². The van der Waals surface area contributed by atoms with Gasteiger partial charge in [-0.05, 0) is 30.5 Å². The Hall–Kier alpha value is -2.52. The molecule has 9 heteroatoms. The van der Waals surface area contributed by atoms with E-state index in [0.717, 1.165) is 4.90 Å². The molecule has 0 aliphatic carbocycles. The number of rotatable bonds is 8. The number of anilines is 1. The zero-order valence-electron chi connectivity index (χ0n) is 14.9. The highest BCUT2D eigenvalue weighted by atomic mass is 32.2. The number of nitrogens with zero attached hydrogens (tertiary/aromatic N) is 2. The number of thioether (sulfide) groups is 1. The lowest BCUT2D eigenvalue weighted by Crippen LogP contribution is -2.37. The number of hydrogen-bond donors (Lipinski definition) is 1. The van der Waals surface area contributed by atoms with Crippen LogP contribution in [-0.4, -0.2) is 55.5 Å². The van der Waals surface area contributed by atoms with Gasteiger partial charge in [-0.15, -0.1) is 11.8 Å². The van der Waals surface area contributed by atoms with Gasteiger partial charge < -0.3 is 24.1 Å². The molecular weight excluding hydrogens is 358 g/mol. The molecule has 2 amide bonds. The molecule has 8 nitrogen and oxygen atoms in total. The van der Waals surface area contributed by atoms with Crippen LogP contribution in [0.4, 0.5) is 10.5 Å². The fraction of sp³-hybridized carbons (Fsp3) is 0.353. The first-order valence-corrected chi connectivity index (χ1v) is 9.01. The van der Waals surface area contributed by atoms with E-state index < -0.39 is 5.97 Å². The second-order valence-corrected chi connectivity index (χ2v) is 6.07. The third-order valence-electron chi connectivity index (χ3n) is 3.47. The number of methoxy groups -OCH3 is 2. The minimum absolute atomic E-state index is 0.0576. The van der Waals surface area contributed by atoms with Gasteiger partial charge in [-0.2, -0.15) is 0 Å². The second kappa shape index (κ2) is 9.83. The summed E-state index contributed by atoms with van der Waals surface area (Å²) in [6, 6.07) is 7.20. The van der Waals surface area contributed by atoms with E-state index in [1.54, 1.807) is 18.9 Å². The number of benzene rings is 1. The number of ether oxygens (including phenoxy) is 2. The van der Waals surface area contributed by atoms with Crippen LogP contribution in [0.25, 0.3) is 0 Å². The molecule has 1 heterocycles. The second-order valence-electron chi connectivity index (χ2n) is 5.19. The maximum absolute atomic E-state index is 12.6. The van der Waals surface area contributed by atoms with E-state index in [0.29, 0.717) is 18.8 Å². The summed E-state index contributed by atoms with van der Waals surface area (Å²) in [4.78, 5) is 30.6. The van der Waals surface area contributed by atoms with Crippen LogP contribution >= 0.6 is 11.8 Å². The Morgan fingerprint density at radius 1 is 1.27 bits per heavy atom. The van der Waals surface area contributed by atoms with Crippen molar-refractivity contribution < 1.29 is 23.5 Å². The SMILES string of the molecule is COCCN(Cc1nc(C(=O)OC)co1)C(=O)Nc1ccc(SC)cc1. The topological polar surface area (TPSA) is 93.9 Å². The number of oxazole rings is 1. The van der Waals surface area contributed by atoms with E-state index in [9.17, 15) is 9.59 Å². The first-order chi connectivity index (χ1) is 12.6. The molecule has 0 saturated heterocycles. The number of nitrogens with one attached hydrogen (secondary N) is 1. The molecule has 1 aromatic carbocycles. The van der Waals surface area contributed by atoms with Crippen molar-refractivity contribution in [2.75, 3.05) is 38.9 Å². The third-order valence-corrected chi connectivity index (χ3v) is 4.21. The van der Waals surface area contributed by atoms with E-state index in [2.05, 4.69) is 15.0 Å². The molecular formula is C17H21N3O5S. The average Bonchev–Trinajstić information content (AvgIpc) is 3.13. The minimum Gasteiger partial charge on any atom is -0.464 e. The molecule has 140 valence electrons. The number of urea groups is 1. The monoisotopic (exact) mass is 379 g/mol. The van der Waals surface area contributed by atoms with Gasteiger partial charge in [0.15, 0.2) is 5.69 Å². The molecule has 0 aliphatic heterocycles. The summed E-state index contributed by atoms with van der Waals surface area (Å²) in [5, 5.41) is 2.82. The van der Waals surface area contributed by atoms with E-state index in [-0.39, 0.29) is 24.2 Å². The van der Waals surface area contributed by atoms with E-state index in [1.807, 2.05) is 30.5 Å². The van der Waals surface area contributed by atoms with Crippen molar-refractivity contribution in [2.45, 2.75) is 11.4 Å². The number of carbonyl (C=O) groups is 2. The first kappa shape index (κ1) is 19.8. The molecule has 0 saturated carbocycles. The zero-order chi connectivity index (χ0) is 18.9. The molecule has 2 aromatic rings. The summed E-state index contributed by atoms with van der Waals surface area (Å²) >= 11 is 1.62. The molecule has 1 aromatic heterocycles. The van der Waals surface area contributed by atoms with Gasteiger partial charge in [-0.25, -0.2) is 14.6 Å². The van der Waals surface area contributed by atoms with Gasteiger partial charge in [-0.3, -0.25) is 0 Å². The van der Waals surface area contributed by atoms with Crippen LogP contribution in [0.2, 0.25) is 0 Å². The van der Waals surface area contributed by atoms with E-state index in [4.69, 9.17) is 9.15 Å². The van der Waals surface area contributed by atoms with Crippen LogP contribution in [-0.2, 0) is 16.0 Å². The number of carbonyl (C=O) groups excluding carboxylic acids is 2. The molecule has 2 rings (SSSR count). The van der Waals surface area contributed by atoms with Gasteiger partial charge >= 0.3 is 12.0 Å². The standard InChI is InChI=1S/C17H21N3O5S/c1-23-9-8-20(10-15-19-14(11-25-15)16(21)24-2)17(22)18-12-4-6-13(26-3)7-5-12/h4-7,11H,8-10H2,1-3H3,(H,18,22). The fourth-order valence-corrected chi connectivity index (χ4v) is 2.48. The highest BCUT2D eigenvalue weighted by molar-refractivity contribution is 7.98. The fourth-order valence-electron chi connectivity index (χ4n) is 2.08. The van der Waals surface area contributed by atoms with Crippen molar-refractivity contribution in [3.05, 3.63) is 42.1 Å². The molecule has 0 atom stereocenters. The Balaban J connectivity index is 2.05. The Kier molecular flexibility index (Phi) is 7.49. The van der Waals surface area contributed by atoms with E-state index in [1.165, 1.54) is 18.3 Å². The van der Waals surface area contributed by atoms with Crippen molar-refractivity contribution >= 4 is 29.4 Å². The van der Waals surface area contributed by atoms with Crippen molar-refractivity contribution in [1.29, 1.82) is 0 Å².